The molecule has 0 fully saturated rings. The zero-order chi connectivity index (χ0) is 39.0. The zero-order valence-corrected chi connectivity index (χ0v) is 36.4. The van der Waals surface area contributed by atoms with Gasteiger partial charge in [-0.25, -0.2) is 0 Å². The van der Waals surface area contributed by atoms with Crippen LogP contribution in [-0.4, -0.2) is 67.8 Å². The number of carbonyl (C=O) groups is 3. The number of rotatable bonds is 42. The third-order valence-electron chi connectivity index (χ3n) is 11.2. The van der Waals surface area contributed by atoms with Gasteiger partial charge in [0.25, 0.3) is 0 Å². The minimum absolute atomic E-state index is 0.0278. The van der Waals surface area contributed by atoms with Crippen molar-refractivity contribution in [1.29, 1.82) is 0 Å². The lowest BCUT2D eigenvalue weighted by molar-refractivity contribution is -0.145. The van der Waals surface area contributed by atoms with Crippen molar-refractivity contribution in [1.82, 2.24) is 9.80 Å². The molecule has 0 saturated heterocycles. The fraction of sp³-hybridized carbons (Fsp3) is 0.936. The van der Waals surface area contributed by atoms with E-state index in [9.17, 15) is 14.4 Å². The van der Waals surface area contributed by atoms with Crippen LogP contribution >= 0.6 is 0 Å². The molecule has 0 N–H and O–H groups in total. The molecule has 2 atom stereocenters. The maximum absolute atomic E-state index is 13.7. The number of hydrogen-bond acceptors (Lipinski definition) is 5. The normalized spacial score (nSPS) is 12.6. The van der Waals surface area contributed by atoms with E-state index >= 15 is 0 Å². The van der Waals surface area contributed by atoms with Crippen molar-refractivity contribution < 1.29 is 19.1 Å². The SMILES string of the molecule is CCCCCCCCCCC(CCCCCCCC)COC(=O)CCCCCC(CCCCCC=O)N(CCCN(C)C)C(=O)CCCCCCCC. The van der Waals surface area contributed by atoms with Crippen LogP contribution in [0.2, 0.25) is 0 Å². The van der Waals surface area contributed by atoms with E-state index in [0.717, 1.165) is 90.0 Å². The Morgan fingerprint density at radius 2 is 0.943 bits per heavy atom. The van der Waals surface area contributed by atoms with Crippen LogP contribution in [-0.2, 0) is 19.1 Å². The molecule has 0 rings (SSSR count). The van der Waals surface area contributed by atoms with Crippen LogP contribution in [0.5, 0.6) is 0 Å². The summed E-state index contributed by atoms with van der Waals surface area (Å²) in [5.74, 6) is 0.799. The summed E-state index contributed by atoms with van der Waals surface area (Å²) < 4.78 is 5.92. The third-order valence-corrected chi connectivity index (χ3v) is 11.2. The molecule has 0 heterocycles. The second-order valence-electron chi connectivity index (χ2n) is 16.7. The van der Waals surface area contributed by atoms with E-state index in [1.54, 1.807) is 0 Å². The Kier molecular flexibility index (Phi) is 39.2. The van der Waals surface area contributed by atoms with Crippen LogP contribution in [0, 0.1) is 5.92 Å². The van der Waals surface area contributed by atoms with Crippen molar-refractivity contribution in [3.8, 4) is 0 Å². The molecule has 0 spiro atoms. The Morgan fingerprint density at radius 3 is 1.45 bits per heavy atom. The van der Waals surface area contributed by atoms with Crippen LogP contribution in [0.15, 0.2) is 0 Å². The predicted molar refractivity (Wildman–Crippen MR) is 229 cm³/mol. The summed E-state index contributed by atoms with van der Waals surface area (Å²) in [6.07, 6.45) is 39.8. The van der Waals surface area contributed by atoms with E-state index in [4.69, 9.17) is 4.74 Å². The fourth-order valence-corrected chi connectivity index (χ4v) is 7.71. The lowest BCUT2D eigenvalue weighted by Gasteiger charge is -2.33. The molecule has 0 aromatic rings. The molecule has 0 aromatic carbocycles. The highest BCUT2D eigenvalue weighted by Crippen LogP contribution is 2.23. The van der Waals surface area contributed by atoms with Crippen molar-refractivity contribution in [2.45, 2.75) is 245 Å². The Bertz CT molecular complexity index is 803. The highest BCUT2D eigenvalue weighted by molar-refractivity contribution is 5.76. The van der Waals surface area contributed by atoms with Crippen LogP contribution in [0.1, 0.15) is 239 Å². The molecule has 6 heteroatoms. The number of amides is 1. The lowest BCUT2D eigenvalue weighted by Crippen LogP contribution is -2.41. The maximum Gasteiger partial charge on any atom is 0.305 e. The molecular formula is C47H92N2O4. The van der Waals surface area contributed by atoms with Crippen molar-refractivity contribution in [3.05, 3.63) is 0 Å². The molecule has 53 heavy (non-hydrogen) atoms. The molecule has 314 valence electrons. The highest BCUT2D eigenvalue weighted by atomic mass is 16.5. The van der Waals surface area contributed by atoms with Gasteiger partial charge in [-0.3, -0.25) is 9.59 Å². The van der Waals surface area contributed by atoms with Gasteiger partial charge in [0.1, 0.15) is 6.29 Å². The summed E-state index contributed by atoms with van der Waals surface area (Å²) >= 11 is 0. The Balaban J connectivity index is 4.96. The van der Waals surface area contributed by atoms with Gasteiger partial charge in [-0.05, 0) is 77.9 Å². The molecule has 0 aliphatic rings. The molecule has 1 amide bonds. The lowest BCUT2D eigenvalue weighted by atomic mass is 9.94. The van der Waals surface area contributed by atoms with Gasteiger partial charge in [-0.1, -0.05) is 168 Å². The number of carbonyl (C=O) groups excluding carboxylic acids is 3. The molecule has 0 aromatic heterocycles. The molecule has 0 aliphatic carbocycles. The van der Waals surface area contributed by atoms with Gasteiger partial charge in [-0.15, -0.1) is 0 Å². The van der Waals surface area contributed by atoms with E-state index in [0.29, 0.717) is 37.7 Å². The number of aldehydes is 1. The molecule has 6 nitrogen and oxygen atoms in total. The summed E-state index contributed by atoms with van der Waals surface area (Å²) in [5, 5.41) is 0. The summed E-state index contributed by atoms with van der Waals surface area (Å²) in [6.45, 7) is 9.19. The number of ether oxygens (including phenoxy) is 1. The van der Waals surface area contributed by atoms with E-state index in [1.807, 2.05) is 0 Å². The first-order valence-corrected chi connectivity index (χ1v) is 23.4. The van der Waals surface area contributed by atoms with Gasteiger partial charge in [0.15, 0.2) is 0 Å². The monoisotopic (exact) mass is 749 g/mol. The van der Waals surface area contributed by atoms with E-state index in [1.165, 1.54) is 128 Å². The number of hydrogen-bond donors (Lipinski definition) is 0. The summed E-state index contributed by atoms with van der Waals surface area (Å²) in [4.78, 5) is 41.8. The second kappa shape index (κ2) is 40.2. The second-order valence-corrected chi connectivity index (χ2v) is 16.7. The minimum atomic E-state index is -0.0278. The zero-order valence-electron chi connectivity index (χ0n) is 36.4. The van der Waals surface area contributed by atoms with Gasteiger partial charge >= 0.3 is 5.97 Å². The van der Waals surface area contributed by atoms with Gasteiger partial charge in [-0.2, -0.15) is 0 Å². The van der Waals surface area contributed by atoms with Gasteiger partial charge < -0.3 is 19.3 Å². The third kappa shape index (κ3) is 34.8. The number of unbranched alkanes of at least 4 members (excludes halogenated alkanes) is 22. The van der Waals surface area contributed by atoms with E-state index in [2.05, 4.69) is 44.7 Å². The molecular weight excluding hydrogens is 657 g/mol. The van der Waals surface area contributed by atoms with Gasteiger partial charge in [0.05, 0.1) is 6.61 Å². The molecule has 0 radical (unpaired) electrons. The standard InChI is InChI=1S/C47H92N2O4/c1-6-9-12-15-18-19-21-27-35-44(34-26-20-16-13-10-7-2)43-53-47(52)39-31-25-29-37-45(36-28-23-24-32-42-50)49(41-33-40-48(4)5)46(51)38-30-22-17-14-11-8-3/h42,44-45H,6-41,43H2,1-5H3. The van der Waals surface area contributed by atoms with Crippen LogP contribution in [0.25, 0.3) is 0 Å². The predicted octanol–water partition coefficient (Wildman–Crippen LogP) is 13.4. The molecule has 0 bridgehead atoms. The average Bonchev–Trinajstić information content (AvgIpc) is 3.14. The maximum atomic E-state index is 13.7. The van der Waals surface area contributed by atoms with Crippen LogP contribution in [0.4, 0.5) is 0 Å². The topological polar surface area (TPSA) is 66.9 Å². The Hall–Kier alpha value is -1.43. The highest BCUT2D eigenvalue weighted by Gasteiger charge is 2.23. The Labute approximate surface area is 331 Å². The minimum Gasteiger partial charge on any atom is -0.465 e. The molecule has 0 saturated carbocycles. The quantitative estimate of drug-likeness (QED) is 0.0353. The molecule has 2 unspecified atom stereocenters. The van der Waals surface area contributed by atoms with Gasteiger partial charge in [0.2, 0.25) is 5.91 Å². The fourth-order valence-electron chi connectivity index (χ4n) is 7.71. The Morgan fingerprint density at radius 1 is 0.509 bits per heavy atom. The number of nitrogens with zero attached hydrogens (tertiary/aromatic N) is 2. The van der Waals surface area contributed by atoms with E-state index in [-0.39, 0.29) is 12.0 Å². The summed E-state index contributed by atoms with van der Waals surface area (Å²) in [7, 11) is 4.20. The summed E-state index contributed by atoms with van der Waals surface area (Å²) in [5.41, 5.74) is 0. The smallest absolute Gasteiger partial charge is 0.305 e. The van der Waals surface area contributed by atoms with Crippen molar-refractivity contribution >= 4 is 18.2 Å². The first-order valence-electron chi connectivity index (χ1n) is 23.4. The number of esters is 1. The van der Waals surface area contributed by atoms with E-state index < -0.39 is 0 Å². The van der Waals surface area contributed by atoms with Crippen LogP contribution < -0.4 is 0 Å². The van der Waals surface area contributed by atoms with Crippen molar-refractivity contribution in [2.24, 2.45) is 5.92 Å². The molecule has 0 aliphatic heterocycles. The van der Waals surface area contributed by atoms with Crippen molar-refractivity contribution in [3.63, 3.8) is 0 Å². The first-order chi connectivity index (χ1) is 25.9. The van der Waals surface area contributed by atoms with Crippen LogP contribution in [0.3, 0.4) is 0 Å². The summed E-state index contributed by atoms with van der Waals surface area (Å²) in [6, 6.07) is 0.243. The first kappa shape index (κ1) is 51.6. The average molecular weight is 749 g/mol. The largest absolute Gasteiger partial charge is 0.465 e. The van der Waals surface area contributed by atoms with Gasteiger partial charge in [0, 0.05) is 31.8 Å². The van der Waals surface area contributed by atoms with Crippen molar-refractivity contribution in [2.75, 3.05) is 33.8 Å².